The van der Waals surface area contributed by atoms with Crippen LogP contribution in [0.25, 0.3) is 0 Å². The smallest absolute Gasteiger partial charge is 0.255 e. The molecule has 0 spiro atoms. The maximum Gasteiger partial charge on any atom is 0.255 e. The van der Waals surface area contributed by atoms with E-state index < -0.39 is 0 Å². The van der Waals surface area contributed by atoms with E-state index in [4.69, 9.17) is 5.73 Å². The second-order valence-corrected chi connectivity index (χ2v) is 4.36. The first kappa shape index (κ1) is 12.7. The van der Waals surface area contributed by atoms with E-state index in [1.807, 2.05) is 20.8 Å². The van der Waals surface area contributed by atoms with Crippen molar-refractivity contribution in [3.05, 3.63) is 17.5 Å². The van der Waals surface area contributed by atoms with E-state index in [9.17, 15) is 4.79 Å². The minimum Gasteiger partial charge on any atom is -0.348 e. The van der Waals surface area contributed by atoms with Crippen molar-refractivity contribution in [2.24, 2.45) is 18.7 Å². The lowest BCUT2D eigenvalue weighted by molar-refractivity contribution is 0.0927. The van der Waals surface area contributed by atoms with Crippen LogP contribution in [0.5, 0.6) is 0 Å². The topological polar surface area (TPSA) is 72.9 Å². The number of nitrogens with one attached hydrogen (secondary N) is 1. The maximum atomic E-state index is 11.9. The molecule has 5 heteroatoms. The van der Waals surface area contributed by atoms with E-state index in [0.29, 0.717) is 18.0 Å². The van der Waals surface area contributed by atoms with Gasteiger partial charge in [-0.3, -0.25) is 9.48 Å². The molecule has 0 fully saturated rings. The van der Waals surface area contributed by atoms with Crippen molar-refractivity contribution in [1.29, 1.82) is 0 Å². The van der Waals surface area contributed by atoms with Crippen molar-refractivity contribution in [2.75, 3.05) is 6.54 Å². The van der Waals surface area contributed by atoms with Crippen LogP contribution in [0.3, 0.4) is 0 Å². The number of nitrogens with two attached hydrogens (primary N) is 1. The molecule has 0 aliphatic carbocycles. The predicted molar refractivity (Wildman–Crippen MR) is 63.1 cm³/mol. The molecular formula is C11H20N4O. The number of amides is 1. The summed E-state index contributed by atoms with van der Waals surface area (Å²) in [5.41, 5.74) is 6.96. The van der Waals surface area contributed by atoms with Crippen LogP contribution in [0.2, 0.25) is 0 Å². The molecule has 0 saturated carbocycles. The van der Waals surface area contributed by atoms with Crippen LogP contribution in [0, 0.1) is 12.8 Å². The number of aryl methyl sites for hydroxylation is 2. The summed E-state index contributed by atoms with van der Waals surface area (Å²) >= 11 is 0. The molecule has 3 N–H and O–H groups in total. The molecule has 0 bridgehead atoms. The highest BCUT2D eigenvalue weighted by Gasteiger charge is 2.18. The summed E-state index contributed by atoms with van der Waals surface area (Å²) < 4.78 is 1.64. The molecule has 0 aliphatic rings. The number of rotatable bonds is 4. The van der Waals surface area contributed by atoms with Gasteiger partial charge < -0.3 is 11.1 Å². The maximum absolute atomic E-state index is 11.9. The largest absolute Gasteiger partial charge is 0.348 e. The van der Waals surface area contributed by atoms with Crippen LogP contribution < -0.4 is 11.1 Å². The first-order chi connectivity index (χ1) is 7.45. The number of carbonyl (C=O) groups excluding carboxylic acids is 1. The average Bonchev–Trinajstić information content (AvgIpc) is 2.53. The molecule has 90 valence electrons. The Morgan fingerprint density at radius 3 is 2.62 bits per heavy atom. The molecule has 0 aliphatic heterocycles. The molecule has 1 unspecified atom stereocenters. The van der Waals surface area contributed by atoms with Gasteiger partial charge in [-0.05, 0) is 12.8 Å². The third-order valence-electron chi connectivity index (χ3n) is 2.63. The van der Waals surface area contributed by atoms with Crippen molar-refractivity contribution in [1.82, 2.24) is 15.1 Å². The number of hydrogen-bond acceptors (Lipinski definition) is 3. The Labute approximate surface area is 96.0 Å². The Morgan fingerprint density at radius 2 is 2.25 bits per heavy atom. The van der Waals surface area contributed by atoms with Crippen molar-refractivity contribution in [3.8, 4) is 0 Å². The highest BCUT2D eigenvalue weighted by Crippen LogP contribution is 2.06. The average molecular weight is 224 g/mol. The number of hydrogen-bond donors (Lipinski definition) is 2. The fourth-order valence-electron chi connectivity index (χ4n) is 1.57. The Balaban J connectivity index is 2.75. The first-order valence-corrected chi connectivity index (χ1v) is 5.47. The van der Waals surface area contributed by atoms with Gasteiger partial charge in [-0.1, -0.05) is 13.8 Å². The van der Waals surface area contributed by atoms with Gasteiger partial charge >= 0.3 is 0 Å². The highest BCUT2D eigenvalue weighted by molar-refractivity contribution is 5.95. The van der Waals surface area contributed by atoms with Gasteiger partial charge in [0.05, 0.1) is 11.3 Å². The second-order valence-electron chi connectivity index (χ2n) is 4.36. The molecule has 1 heterocycles. The summed E-state index contributed by atoms with van der Waals surface area (Å²) in [4.78, 5) is 11.9. The Morgan fingerprint density at radius 1 is 1.62 bits per heavy atom. The normalized spacial score (nSPS) is 12.9. The van der Waals surface area contributed by atoms with Gasteiger partial charge in [-0.15, -0.1) is 0 Å². The van der Waals surface area contributed by atoms with Gasteiger partial charge in [0.25, 0.3) is 5.91 Å². The van der Waals surface area contributed by atoms with Crippen LogP contribution >= 0.6 is 0 Å². The van der Waals surface area contributed by atoms with Crippen molar-refractivity contribution >= 4 is 5.91 Å². The van der Waals surface area contributed by atoms with E-state index in [2.05, 4.69) is 10.4 Å². The van der Waals surface area contributed by atoms with E-state index >= 15 is 0 Å². The fraction of sp³-hybridized carbons (Fsp3) is 0.636. The number of carbonyl (C=O) groups is 1. The van der Waals surface area contributed by atoms with E-state index in [0.717, 1.165) is 5.69 Å². The molecule has 1 atom stereocenters. The molecule has 0 radical (unpaired) electrons. The summed E-state index contributed by atoms with van der Waals surface area (Å²) in [5, 5.41) is 7.05. The summed E-state index contributed by atoms with van der Waals surface area (Å²) in [6.45, 7) is 6.34. The third-order valence-corrected chi connectivity index (χ3v) is 2.63. The molecular weight excluding hydrogens is 204 g/mol. The molecule has 1 aromatic heterocycles. The Bertz CT molecular complexity index is 370. The van der Waals surface area contributed by atoms with Crippen molar-refractivity contribution < 1.29 is 4.79 Å². The van der Waals surface area contributed by atoms with Crippen molar-refractivity contribution in [3.63, 3.8) is 0 Å². The number of aromatic nitrogens is 2. The standard InChI is InChI=1S/C11H20N4O/c1-7(2)10(5-12)13-11(16)9-6-15(4)14-8(9)3/h6-7,10H,5,12H2,1-4H3,(H,13,16). The summed E-state index contributed by atoms with van der Waals surface area (Å²) in [6, 6.07) is 0.00658. The zero-order valence-corrected chi connectivity index (χ0v) is 10.3. The quantitative estimate of drug-likeness (QED) is 0.779. The van der Waals surface area contributed by atoms with Crippen LogP contribution in [-0.4, -0.2) is 28.3 Å². The monoisotopic (exact) mass is 224 g/mol. The summed E-state index contributed by atoms with van der Waals surface area (Å²) in [6.07, 6.45) is 1.72. The molecule has 1 rings (SSSR count). The molecule has 5 nitrogen and oxygen atoms in total. The molecule has 0 saturated heterocycles. The lowest BCUT2D eigenvalue weighted by Crippen LogP contribution is -2.43. The highest BCUT2D eigenvalue weighted by atomic mass is 16.1. The van der Waals surface area contributed by atoms with Crippen LogP contribution in [-0.2, 0) is 7.05 Å². The number of nitrogens with zero attached hydrogens (tertiary/aromatic N) is 2. The minimum absolute atomic E-state index is 0.00658. The van der Waals surface area contributed by atoms with Crippen LogP contribution in [0.4, 0.5) is 0 Å². The predicted octanol–water partition coefficient (Wildman–Crippen LogP) is 0.442. The van der Waals surface area contributed by atoms with Gasteiger partial charge in [-0.25, -0.2) is 0 Å². The molecule has 0 aromatic carbocycles. The van der Waals surface area contributed by atoms with Gasteiger partial charge in [0.2, 0.25) is 0 Å². The SMILES string of the molecule is Cc1nn(C)cc1C(=O)NC(CN)C(C)C. The summed E-state index contributed by atoms with van der Waals surface area (Å²) in [7, 11) is 1.80. The van der Waals surface area contributed by atoms with Crippen molar-refractivity contribution in [2.45, 2.75) is 26.8 Å². The van der Waals surface area contributed by atoms with Crippen LogP contribution in [0.15, 0.2) is 6.20 Å². The molecule has 1 amide bonds. The van der Waals surface area contributed by atoms with E-state index in [-0.39, 0.29) is 11.9 Å². The van der Waals surface area contributed by atoms with Gasteiger partial charge in [0.1, 0.15) is 0 Å². The lowest BCUT2D eigenvalue weighted by Gasteiger charge is -2.20. The second kappa shape index (κ2) is 5.12. The first-order valence-electron chi connectivity index (χ1n) is 5.47. The molecule has 16 heavy (non-hydrogen) atoms. The minimum atomic E-state index is -0.102. The zero-order chi connectivity index (χ0) is 12.3. The Kier molecular flexibility index (Phi) is 4.06. The summed E-state index contributed by atoms with van der Waals surface area (Å²) in [5.74, 6) is 0.223. The third kappa shape index (κ3) is 2.82. The van der Waals surface area contributed by atoms with E-state index in [1.54, 1.807) is 17.9 Å². The fourth-order valence-corrected chi connectivity index (χ4v) is 1.57. The van der Waals surface area contributed by atoms with Gasteiger partial charge in [0, 0.05) is 25.8 Å². The van der Waals surface area contributed by atoms with Gasteiger partial charge in [-0.2, -0.15) is 5.10 Å². The van der Waals surface area contributed by atoms with Gasteiger partial charge in [0.15, 0.2) is 0 Å². The van der Waals surface area contributed by atoms with Crippen LogP contribution in [0.1, 0.15) is 29.9 Å². The lowest BCUT2D eigenvalue weighted by atomic mass is 10.0. The Hall–Kier alpha value is -1.36. The molecule has 1 aromatic rings. The zero-order valence-electron chi connectivity index (χ0n) is 10.3. The van der Waals surface area contributed by atoms with E-state index in [1.165, 1.54) is 0 Å².